The molecule has 134 valence electrons. The van der Waals surface area contributed by atoms with Gasteiger partial charge in [0.1, 0.15) is 12.1 Å². The molecule has 0 saturated carbocycles. The van der Waals surface area contributed by atoms with Crippen LogP contribution < -0.4 is 5.32 Å². The van der Waals surface area contributed by atoms with Gasteiger partial charge >= 0.3 is 5.97 Å². The maximum absolute atomic E-state index is 12.1. The Balaban J connectivity index is 2.55. The first kappa shape index (κ1) is 20.1. The highest BCUT2D eigenvalue weighted by molar-refractivity contribution is 6.74. The zero-order valence-electron chi connectivity index (χ0n) is 15.2. The standard InChI is InChI=1S/C16H31NO5Si/c1-16(2,3)23(5,6)22-11-9-12(15(19)20-4)17-14(18)13-8-7-10-21-13/h12-13H,7-11H2,1-6H3,(H,17,18)/t12-,13+/m1/s1. The molecular formula is C16H31NO5Si. The fraction of sp³-hybridized carbons (Fsp3) is 0.875. The first-order valence-corrected chi connectivity index (χ1v) is 11.1. The van der Waals surface area contributed by atoms with Crippen molar-refractivity contribution in [2.45, 2.75) is 70.3 Å². The molecule has 1 N–H and O–H groups in total. The SMILES string of the molecule is COC(=O)[C@@H](CCO[Si](C)(C)C(C)(C)C)NC(=O)[C@@H]1CCCO1. The lowest BCUT2D eigenvalue weighted by atomic mass is 10.2. The molecule has 0 spiro atoms. The average molecular weight is 346 g/mol. The Labute approximate surface area is 140 Å². The molecule has 0 radical (unpaired) electrons. The number of esters is 1. The Hall–Kier alpha value is -0.923. The van der Waals surface area contributed by atoms with Gasteiger partial charge in [-0.15, -0.1) is 0 Å². The van der Waals surface area contributed by atoms with Crippen molar-refractivity contribution in [2.24, 2.45) is 0 Å². The summed E-state index contributed by atoms with van der Waals surface area (Å²) in [5.74, 6) is -0.694. The summed E-state index contributed by atoms with van der Waals surface area (Å²) in [6.07, 6.45) is 1.51. The molecule has 1 rings (SSSR count). The Morgan fingerprint density at radius 2 is 2.00 bits per heavy atom. The van der Waals surface area contributed by atoms with Gasteiger partial charge < -0.3 is 19.2 Å². The summed E-state index contributed by atoms with van der Waals surface area (Å²) >= 11 is 0. The first-order valence-electron chi connectivity index (χ1n) is 8.22. The summed E-state index contributed by atoms with van der Waals surface area (Å²) in [6.45, 7) is 11.8. The highest BCUT2D eigenvalue weighted by Crippen LogP contribution is 2.36. The summed E-state index contributed by atoms with van der Waals surface area (Å²) < 4.78 is 16.2. The van der Waals surface area contributed by atoms with E-state index in [1.807, 2.05) is 0 Å². The average Bonchev–Trinajstić information content (AvgIpc) is 2.98. The highest BCUT2D eigenvalue weighted by atomic mass is 28.4. The quantitative estimate of drug-likeness (QED) is 0.566. The highest BCUT2D eigenvalue weighted by Gasteiger charge is 2.37. The van der Waals surface area contributed by atoms with Crippen LogP contribution in [0.4, 0.5) is 0 Å². The number of hydrogen-bond donors (Lipinski definition) is 1. The predicted molar refractivity (Wildman–Crippen MR) is 90.7 cm³/mol. The molecule has 0 bridgehead atoms. The predicted octanol–water partition coefficient (Wildman–Crippen LogP) is 2.24. The second-order valence-electron chi connectivity index (χ2n) is 7.48. The number of carbonyl (C=O) groups is 2. The van der Waals surface area contributed by atoms with E-state index in [1.54, 1.807) is 0 Å². The van der Waals surface area contributed by atoms with E-state index >= 15 is 0 Å². The Morgan fingerprint density at radius 3 is 2.48 bits per heavy atom. The minimum Gasteiger partial charge on any atom is -0.467 e. The minimum atomic E-state index is -1.87. The lowest BCUT2D eigenvalue weighted by Crippen LogP contribution is -2.47. The summed E-state index contributed by atoms with van der Waals surface area (Å²) in [5.41, 5.74) is 0. The fourth-order valence-corrected chi connectivity index (χ4v) is 3.15. The molecule has 7 heteroatoms. The zero-order chi connectivity index (χ0) is 17.7. The van der Waals surface area contributed by atoms with Crippen LogP contribution in [0.5, 0.6) is 0 Å². The molecule has 0 aromatic carbocycles. The van der Waals surface area contributed by atoms with E-state index in [9.17, 15) is 9.59 Å². The summed E-state index contributed by atoms with van der Waals surface area (Å²) in [5, 5.41) is 2.84. The van der Waals surface area contributed by atoms with Gasteiger partial charge in [-0.2, -0.15) is 0 Å². The number of methoxy groups -OCH3 is 1. The largest absolute Gasteiger partial charge is 0.467 e. The van der Waals surface area contributed by atoms with Crippen molar-refractivity contribution in [1.82, 2.24) is 5.32 Å². The van der Waals surface area contributed by atoms with Gasteiger partial charge in [0.15, 0.2) is 8.32 Å². The molecule has 6 nitrogen and oxygen atoms in total. The fourth-order valence-electron chi connectivity index (χ4n) is 2.09. The molecule has 1 aliphatic rings. The number of nitrogens with one attached hydrogen (secondary N) is 1. The minimum absolute atomic E-state index is 0.106. The molecule has 1 saturated heterocycles. The monoisotopic (exact) mass is 345 g/mol. The summed E-state index contributed by atoms with van der Waals surface area (Å²) in [7, 11) is -0.550. The van der Waals surface area contributed by atoms with E-state index in [0.29, 0.717) is 26.1 Å². The van der Waals surface area contributed by atoms with Gasteiger partial charge in [-0.3, -0.25) is 4.79 Å². The van der Waals surface area contributed by atoms with Crippen LogP contribution >= 0.6 is 0 Å². The van der Waals surface area contributed by atoms with Crippen molar-refractivity contribution >= 4 is 20.2 Å². The van der Waals surface area contributed by atoms with E-state index in [4.69, 9.17) is 13.9 Å². The Kier molecular flexibility index (Phi) is 7.22. The molecule has 0 unspecified atom stereocenters. The zero-order valence-corrected chi connectivity index (χ0v) is 16.2. The van der Waals surface area contributed by atoms with Gasteiger partial charge in [-0.05, 0) is 31.0 Å². The van der Waals surface area contributed by atoms with Crippen LogP contribution in [0.3, 0.4) is 0 Å². The van der Waals surface area contributed by atoms with E-state index in [1.165, 1.54) is 7.11 Å². The number of rotatable bonds is 7. The maximum atomic E-state index is 12.1. The van der Waals surface area contributed by atoms with Crippen LogP contribution in [-0.2, 0) is 23.5 Å². The van der Waals surface area contributed by atoms with Gasteiger partial charge in [-0.1, -0.05) is 20.8 Å². The normalized spacial score (nSPS) is 20.2. The molecule has 1 aliphatic heterocycles. The van der Waals surface area contributed by atoms with E-state index in [-0.39, 0.29) is 10.9 Å². The van der Waals surface area contributed by atoms with Crippen LogP contribution in [0.2, 0.25) is 18.1 Å². The topological polar surface area (TPSA) is 73.9 Å². The van der Waals surface area contributed by atoms with Crippen molar-refractivity contribution in [3.63, 3.8) is 0 Å². The molecule has 0 aromatic heterocycles. The third-order valence-electron chi connectivity index (χ3n) is 4.70. The van der Waals surface area contributed by atoms with Crippen LogP contribution in [-0.4, -0.2) is 52.7 Å². The number of ether oxygens (including phenoxy) is 2. The maximum Gasteiger partial charge on any atom is 0.328 e. The van der Waals surface area contributed by atoms with Crippen molar-refractivity contribution < 1.29 is 23.5 Å². The molecule has 23 heavy (non-hydrogen) atoms. The van der Waals surface area contributed by atoms with Crippen molar-refractivity contribution in [3.8, 4) is 0 Å². The van der Waals surface area contributed by atoms with Gasteiger partial charge in [0.25, 0.3) is 0 Å². The number of amides is 1. The van der Waals surface area contributed by atoms with Gasteiger partial charge in [-0.25, -0.2) is 4.79 Å². The van der Waals surface area contributed by atoms with Crippen LogP contribution in [0.25, 0.3) is 0 Å². The first-order chi connectivity index (χ1) is 10.6. The third-order valence-corrected chi connectivity index (χ3v) is 9.24. The lowest BCUT2D eigenvalue weighted by molar-refractivity contribution is -0.146. The molecule has 0 aromatic rings. The molecule has 0 aliphatic carbocycles. The molecule has 2 atom stereocenters. The van der Waals surface area contributed by atoms with Crippen LogP contribution in [0.15, 0.2) is 0 Å². The lowest BCUT2D eigenvalue weighted by Gasteiger charge is -2.36. The second-order valence-corrected chi connectivity index (χ2v) is 12.3. The van der Waals surface area contributed by atoms with Crippen LogP contribution in [0.1, 0.15) is 40.0 Å². The van der Waals surface area contributed by atoms with Crippen molar-refractivity contribution in [2.75, 3.05) is 20.3 Å². The van der Waals surface area contributed by atoms with E-state index in [0.717, 1.165) is 6.42 Å². The molecular weight excluding hydrogens is 314 g/mol. The summed E-state index contributed by atoms with van der Waals surface area (Å²) in [4.78, 5) is 24.0. The third kappa shape index (κ3) is 5.89. The Morgan fingerprint density at radius 1 is 1.35 bits per heavy atom. The van der Waals surface area contributed by atoms with Gasteiger partial charge in [0.05, 0.1) is 7.11 Å². The number of carbonyl (C=O) groups excluding carboxylic acids is 2. The smallest absolute Gasteiger partial charge is 0.328 e. The van der Waals surface area contributed by atoms with E-state index in [2.05, 4.69) is 39.2 Å². The van der Waals surface area contributed by atoms with Gasteiger partial charge in [0.2, 0.25) is 5.91 Å². The van der Waals surface area contributed by atoms with Crippen LogP contribution in [0, 0.1) is 0 Å². The molecule has 1 heterocycles. The molecule has 1 amide bonds. The molecule has 1 fully saturated rings. The Bertz CT molecular complexity index is 413. The number of hydrogen-bond acceptors (Lipinski definition) is 5. The van der Waals surface area contributed by atoms with E-state index < -0.39 is 26.4 Å². The van der Waals surface area contributed by atoms with Gasteiger partial charge in [0, 0.05) is 19.6 Å². The van der Waals surface area contributed by atoms with Crippen molar-refractivity contribution in [1.29, 1.82) is 0 Å². The second kappa shape index (κ2) is 8.26. The van der Waals surface area contributed by atoms with Crippen molar-refractivity contribution in [3.05, 3.63) is 0 Å². The summed E-state index contributed by atoms with van der Waals surface area (Å²) in [6, 6.07) is -0.693.